The summed E-state index contributed by atoms with van der Waals surface area (Å²) in [5.74, 6) is -10.0. The van der Waals surface area contributed by atoms with Crippen molar-refractivity contribution in [1.82, 2.24) is 0 Å². The van der Waals surface area contributed by atoms with E-state index in [1.165, 1.54) is 24.3 Å². The van der Waals surface area contributed by atoms with Crippen LogP contribution < -0.4 is 0 Å². The lowest BCUT2D eigenvalue weighted by molar-refractivity contribution is 0.101. The second-order valence-electron chi connectivity index (χ2n) is 7.26. The summed E-state index contributed by atoms with van der Waals surface area (Å²) in [6, 6.07) is 8.49. The number of ketones is 2. The highest BCUT2D eigenvalue weighted by Gasteiger charge is 2.33. The number of halogens is 4. The summed E-state index contributed by atoms with van der Waals surface area (Å²) in [5.41, 5.74) is 0.0207. The molecule has 0 spiro atoms. The zero-order valence-corrected chi connectivity index (χ0v) is 16.8. The number of rotatable bonds is 4. The molecule has 0 saturated carbocycles. The second kappa shape index (κ2) is 7.86. The Morgan fingerprint density at radius 2 is 0.833 bits per heavy atom. The van der Waals surface area contributed by atoms with E-state index in [0.29, 0.717) is 11.1 Å². The molecule has 0 aliphatic rings. The lowest BCUT2D eigenvalue weighted by Crippen LogP contribution is -2.18. The lowest BCUT2D eigenvalue weighted by atomic mass is 9.94. The lowest BCUT2D eigenvalue weighted by Gasteiger charge is -2.12. The van der Waals surface area contributed by atoms with E-state index in [1.807, 2.05) is 0 Å². The van der Waals surface area contributed by atoms with Crippen LogP contribution in [0.25, 0.3) is 0 Å². The standard InChI is InChI=1S/C24H18F4O2/c1-11-5-7-15(9-13(11)3)23(29)17-19(25)21(27)18(22(28)20(17)26)24(30)16-8-6-12(2)14(4)10-16/h5-10H,1-4H3. The summed E-state index contributed by atoms with van der Waals surface area (Å²) >= 11 is 0. The molecular weight excluding hydrogens is 396 g/mol. The third-order valence-corrected chi connectivity index (χ3v) is 5.26. The minimum absolute atomic E-state index is 0.122. The van der Waals surface area contributed by atoms with Crippen LogP contribution in [-0.4, -0.2) is 11.6 Å². The first-order valence-electron chi connectivity index (χ1n) is 9.14. The van der Waals surface area contributed by atoms with Crippen LogP contribution in [0.2, 0.25) is 0 Å². The SMILES string of the molecule is Cc1ccc(C(=O)c2c(F)c(F)c(C(=O)c3ccc(C)c(C)c3)c(F)c2F)cc1C. The zero-order valence-electron chi connectivity index (χ0n) is 16.8. The molecule has 0 unspecified atom stereocenters. The van der Waals surface area contributed by atoms with E-state index in [-0.39, 0.29) is 11.1 Å². The van der Waals surface area contributed by atoms with Crippen LogP contribution in [0.15, 0.2) is 36.4 Å². The highest BCUT2D eigenvalue weighted by atomic mass is 19.2. The van der Waals surface area contributed by atoms with Crippen LogP contribution in [0, 0.1) is 51.0 Å². The molecular formula is C24H18F4O2. The molecule has 0 aliphatic carbocycles. The first-order chi connectivity index (χ1) is 14.0. The number of carbonyl (C=O) groups is 2. The molecule has 30 heavy (non-hydrogen) atoms. The molecule has 3 aromatic carbocycles. The molecule has 2 nitrogen and oxygen atoms in total. The number of hydrogen-bond donors (Lipinski definition) is 0. The normalized spacial score (nSPS) is 10.9. The number of carbonyl (C=O) groups excluding carboxylic acids is 2. The van der Waals surface area contributed by atoms with Gasteiger partial charge in [0.25, 0.3) is 0 Å². The Kier molecular flexibility index (Phi) is 5.61. The summed E-state index contributed by atoms with van der Waals surface area (Å²) in [6.45, 7) is 6.92. The van der Waals surface area contributed by atoms with Crippen LogP contribution in [0.4, 0.5) is 17.6 Å². The van der Waals surface area contributed by atoms with Gasteiger partial charge >= 0.3 is 0 Å². The van der Waals surface area contributed by atoms with Gasteiger partial charge in [0.15, 0.2) is 34.8 Å². The van der Waals surface area contributed by atoms with Crippen molar-refractivity contribution in [1.29, 1.82) is 0 Å². The first-order valence-corrected chi connectivity index (χ1v) is 9.14. The fourth-order valence-corrected chi connectivity index (χ4v) is 3.08. The number of aryl methyl sites for hydroxylation is 4. The molecule has 0 aliphatic heterocycles. The minimum Gasteiger partial charge on any atom is -0.288 e. The van der Waals surface area contributed by atoms with Gasteiger partial charge in [-0.3, -0.25) is 9.59 Å². The number of hydrogen-bond acceptors (Lipinski definition) is 2. The Morgan fingerprint density at radius 3 is 1.10 bits per heavy atom. The van der Waals surface area contributed by atoms with Gasteiger partial charge in [0.2, 0.25) is 0 Å². The summed E-state index contributed by atoms with van der Waals surface area (Å²) in [5, 5.41) is 0. The van der Waals surface area contributed by atoms with E-state index in [1.54, 1.807) is 39.8 Å². The maximum absolute atomic E-state index is 14.7. The van der Waals surface area contributed by atoms with Gasteiger partial charge < -0.3 is 0 Å². The monoisotopic (exact) mass is 414 g/mol. The molecule has 3 rings (SSSR count). The average molecular weight is 414 g/mol. The van der Waals surface area contributed by atoms with E-state index in [9.17, 15) is 27.2 Å². The average Bonchev–Trinajstić information content (AvgIpc) is 2.70. The maximum Gasteiger partial charge on any atom is 0.199 e. The van der Waals surface area contributed by atoms with Crippen molar-refractivity contribution >= 4 is 11.6 Å². The summed E-state index contributed by atoms with van der Waals surface area (Å²) in [6.07, 6.45) is 0. The molecule has 0 amide bonds. The van der Waals surface area contributed by atoms with Crippen molar-refractivity contribution in [3.8, 4) is 0 Å². The molecule has 0 aromatic heterocycles. The molecule has 154 valence electrons. The van der Waals surface area contributed by atoms with Crippen LogP contribution in [0.3, 0.4) is 0 Å². The van der Waals surface area contributed by atoms with Crippen molar-refractivity contribution in [3.05, 3.63) is 104 Å². The van der Waals surface area contributed by atoms with Gasteiger partial charge in [-0.05, 0) is 62.1 Å². The fraction of sp³-hybridized carbons (Fsp3) is 0.167. The quantitative estimate of drug-likeness (QED) is 0.301. The van der Waals surface area contributed by atoms with E-state index >= 15 is 0 Å². The predicted molar refractivity (Wildman–Crippen MR) is 105 cm³/mol. The molecule has 0 fully saturated rings. The van der Waals surface area contributed by atoms with Crippen molar-refractivity contribution in [3.63, 3.8) is 0 Å². The zero-order chi connectivity index (χ0) is 22.3. The van der Waals surface area contributed by atoms with Gasteiger partial charge in [0.1, 0.15) is 11.1 Å². The van der Waals surface area contributed by atoms with Crippen LogP contribution >= 0.6 is 0 Å². The van der Waals surface area contributed by atoms with Gasteiger partial charge in [-0.25, -0.2) is 17.6 Å². The van der Waals surface area contributed by atoms with E-state index < -0.39 is 46.0 Å². The molecule has 0 N–H and O–H groups in total. The maximum atomic E-state index is 14.7. The fourth-order valence-electron chi connectivity index (χ4n) is 3.08. The third-order valence-electron chi connectivity index (χ3n) is 5.26. The molecule has 0 atom stereocenters. The minimum atomic E-state index is -1.90. The largest absolute Gasteiger partial charge is 0.288 e. The van der Waals surface area contributed by atoms with Crippen molar-refractivity contribution in [2.45, 2.75) is 27.7 Å². The van der Waals surface area contributed by atoms with Gasteiger partial charge in [-0.15, -0.1) is 0 Å². The number of benzene rings is 3. The topological polar surface area (TPSA) is 34.1 Å². The van der Waals surface area contributed by atoms with Crippen molar-refractivity contribution in [2.75, 3.05) is 0 Å². The first kappa shape index (κ1) is 21.4. The van der Waals surface area contributed by atoms with Crippen LogP contribution in [0.1, 0.15) is 54.1 Å². The third kappa shape index (κ3) is 3.54. The van der Waals surface area contributed by atoms with Crippen molar-refractivity contribution < 1.29 is 27.2 Å². The molecule has 6 heteroatoms. The summed E-state index contributed by atoms with van der Waals surface area (Å²) in [4.78, 5) is 25.2. The van der Waals surface area contributed by atoms with Gasteiger partial charge in [0.05, 0.1) is 0 Å². The molecule has 0 heterocycles. The Morgan fingerprint density at radius 1 is 0.533 bits per heavy atom. The predicted octanol–water partition coefficient (Wildman–Crippen LogP) is 5.94. The van der Waals surface area contributed by atoms with Crippen LogP contribution in [-0.2, 0) is 0 Å². The van der Waals surface area contributed by atoms with E-state index in [2.05, 4.69) is 0 Å². The van der Waals surface area contributed by atoms with Crippen molar-refractivity contribution in [2.24, 2.45) is 0 Å². The highest BCUT2D eigenvalue weighted by molar-refractivity contribution is 6.12. The summed E-state index contributed by atoms with van der Waals surface area (Å²) < 4.78 is 58.7. The second-order valence-corrected chi connectivity index (χ2v) is 7.26. The van der Waals surface area contributed by atoms with E-state index in [0.717, 1.165) is 11.1 Å². The summed E-state index contributed by atoms with van der Waals surface area (Å²) in [7, 11) is 0. The molecule has 0 radical (unpaired) electrons. The van der Waals surface area contributed by atoms with Gasteiger partial charge in [0, 0.05) is 11.1 Å². The Hall–Kier alpha value is -3.28. The smallest absolute Gasteiger partial charge is 0.199 e. The molecule has 3 aromatic rings. The Bertz CT molecular complexity index is 1090. The molecule has 0 bridgehead atoms. The van der Waals surface area contributed by atoms with Crippen LogP contribution in [0.5, 0.6) is 0 Å². The van der Waals surface area contributed by atoms with E-state index in [4.69, 9.17) is 0 Å². The van der Waals surface area contributed by atoms with Gasteiger partial charge in [-0.2, -0.15) is 0 Å². The highest BCUT2D eigenvalue weighted by Crippen LogP contribution is 2.29. The van der Waals surface area contributed by atoms with Gasteiger partial charge in [-0.1, -0.05) is 24.3 Å². The molecule has 0 saturated heterocycles. The Balaban J connectivity index is 2.16. The Labute approximate surface area is 171 Å².